The maximum atomic E-state index is 14.5. The van der Waals surface area contributed by atoms with Gasteiger partial charge in [-0.25, -0.2) is 9.97 Å². The minimum atomic E-state index is -1.16. The fourth-order valence-electron chi connectivity index (χ4n) is 10.8. The number of aliphatic carboxylic acids is 1. The number of nitriles is 1. The summed E-state index contributed by atoms with van der Waals surface area (Å²) in [6.07, 6.45) is -0.341. The topological polar surface area (TPSA) is 246 Å². The minimum Gasteiger partial charge on any atom is -0.489 e. The quantitative estimate of drug-likeness (QED) is 0.0540. The van der Waals surface area contributed by atoms with Crippen LogP contribution in [-0.2, 0) is 33.4 Å². The highest BCUT2D eigenvalue weighted by Gasteiger charge is 2.64. The summed E-state index contributed by atoms with van der Waals surface area (Å²) in [5.74, 6) is -2.35. The molecule has 4 aromatic rings. The molecular formula is C56H70ClN9O10S. The fourth-order valence-corrected chi connectivity index (χ4v) is 11.8. The van der Waals surface area contributed by atoms with Crippen LogP contribution in [0.2, 0.25) is 5.02 Å². The summed E-state index contributed by atoms with van der Waals surface area (Å²) in [4.78, 5) is 95.1. The van der Waals surface area contributed by atoms with Gasteiger partial charge in [-0.05, 0) is 54.7 Å². The van der Waals surface area contributed by atoms with E-state index in [1.165, 1.54) is 4.90 Å². The average molecular weight is 1100 g/mol. The van der Waals surface area contributed by atoms with Crippen LogP contribution in [0, 0.1) is 34.5 Å². The van der Waals surface area contributed by atoms with Gasteiger partial charge in [-0.1, -0.05) is 84.3 Å². The van der Waals surface area contributed by atoms with Gasteiger partial charge in [0.2, 0.25) is 17.7 Å². The van der Waals surface area contributed by atoms with Crippen molar-refractivity contribution in [3.05, 3.63) is 93.7 Å². The molecule has 0 radical (unpaired) electrons. The Bertz CT molecular complexity index is 2820. The minimum absolute atomic E-state index is 0.0202. The number of rotatable bonds is 20. The molecule has 3 fully saturated rings. The molecule has 4 N–H and O–H groups in total. The molecule has 4 amide bonds. The lowest BCUT2D eigenvalue weighted by Crippen LogP contribution is -2.74. The van der Waals surface area contributed by atoms with Gasteiger partial charge in [-0.2, -0.15) is 5.26 Å². The summed E-state index contributed by atoms with van der Waals surface area (Å²) in [5.41, 5.74) is 3.71. The van der Waals surface area contributed by atoms with E-state index in [4.69, 9.17) is 30.9 Å². The third-order valence-corrected chi connectivity index (χ3v) is 16.1. The summed E-state index contributed by atoms with van der Waals surface area (Å²) >= 11 is 7.80. The highest BCUT2D eigenvalue weighted by molar-refractivity contribution is 7.13. The zero-order valence-electron chi connectivity index (χ0n) is 45.2. The lowest BCUT2D eigenvalue weighted by molar-refractivity contribution is -0.164. The van der Waals surface area contributed by atoms with Crippen LogP contribution in [0.5, 0.6) is 5.75 Å². The molecule has 412 valence electrons. The van der Waals surface area contributed by atoms with Crippen molar-refractivity contribution in [2.45, 2.75) is 118 Å². The summed E-state index contributed by atoms with van der Waals surface area (Å²) in [6.45, 7) is 20.5. The van der Waals surface area contributed by atoms with Gasteiger partial charge in [0.15, 0.2) is 0 Å². The molecule has 0 unspecified atom stereocenters. The SMILES string of the molecule is Cc1ncsc1-c1ccc([C@H](C)NC(=O)[C@@H]2C[C@@H](OC(=O)CCC(=O)O)CN2C(=O)[C@@H](NC(=O)COCCN2CCN(c3ccc(C(=O)N[C@H]4C(C)(C)[C@H](Oc5ccc(C#N)c(Cl)c5)C4(C)C)cn3)CC2)C(C)(C)C)cc1. The number of amides is 4. The Morgan fingerprint density at radius 1 is 0.948 bits per heavy atom. The number of carboxylic acid groups (broad SMARTS) is 1. The van der Waals surface area contributed by atoms with Crippen LogP contribution in [0.4, 0.5) is 5.82 Å². The van der Waals surface area contributed by atoms with E-state index in [1.807, 2.05) is 44.2 Å². The van der Waals surface area contributed by atoms with Crippen LogP contribution in [0.3, 0.4) is 0 Å². The molecule has 21 heteroatoms. The van der Waals surface area contributed by atoms with Crippen molar-refractivity contribution in [3.8, 4) is 22.3 Å². The van der Waals surface area contributed by atoms with E-state index < -0.39 is 76.6 Å². The van der Waals surface area contributed by atoms with Crippen molar-refractivity contribution in [2.75, 3.05) is 57.4 Å². The van der Waals surface area contributed by atoms with Crippen LogP contribution in [0.1, 0.15) is 108 Å². The zero-order valence-corrected chi connectivity index (χ0v) is 46.8. The summed E-state index contributed by atoms with van der Waals surface area (Å²) < 4.78 is 17.8. The average Bonchev–Trinajstić information content (AvgIpc) is 4.10. The Morgan fingerprint density at radius 3 is 2.25 bits per heavy atom. The predicted octanol–water partition coefficient (Wildman–Crippen LogP) is 6.58. The second kappa shape index (κ2) is 24.3. The molecule has 3 aliphatic rings. The van der Waals surface area contributed by atoms with Crippen molar-refractivity contribution in [1.82, 2.24) is 35.7 Å². The monoisotopic (exact) mass is 1100 g/mol. The number of likely N-dealkylation sites (tertiary alicyclic amines) is 1. The number of benzene rings is 2. The second-order valence-corrected chi connectivity index (χ2v) is 23.6. The molecule has 2 aromatic heterocycles. The molecule has 4 heterocycles. The third-order valence-electron chi connectivity index (χ3n) is 14.8. The standard InChI is InChI=1S/C56H70ClN9O10S/c1-33(35-10-12-36(13-11-35)47-34(2)60-32-77-47)61-50(72)42-27-40(75-46(70)19-18-45(68)69)30-66(42)51(73)48(54(3,4)5)62-44(67)31-74-25-24-64-20-22-65(23-21-64)43-17-15-38(29-59-43)49(71)63-52-55(6,7)53(56(52,8)9)76-39-16-14-37(28-58)41(57)26-39/h10-17,26,29,32-33,40,42,48,52-53H,18-25,27,30-31H2,1-9H3,(H,61,72)(H,62,67)(H,63,71)(H,68,69)/t33-,40+,42-,48+,52-,53-/m0/s1. The second-order valence-electron chi connectivity index (χ2n) is 22.3. The lowest BCUT2D eigenvalue weighted by atomic mass is 9.49. The van der Waals surface area contributed by atoms with Crippen LogP contribution in [0.25, 0.3) is 10.4 Å². The molecule has 1 saturated carbocycles. The largest absolute Gasteiger partial charge is 0.489 e. The van der Waals surface area contributed by atoms with E-state index in [-0.39, 0.29) is 50.7 Å². The summed E-state index contributed by atoms with van der Waals surface area (Å²) in [5, 5.41) is 27.8. The Labute approximate surface area is 459 Å². The van der Waals surface area contributed by atoms with Crippen molar-refractivity contribution < 1.29 is 48.1 Å². The first kappa shape index (κ1) is 58.0. The van der Waals surface area contributed by atoms with Crippen molar-refractivity contribution in [2.24, 2.45) is 16.2 Å². The molecule has 7 rings (SSSR count). The van der Waals surface area contributed by atoms with Crippen LogP contribution in [-0.4, -0.2) is 143 Å². The van der Waals surface area contributed by atoms with Gasteiger partial charge in [0, 0.05) is 68.3 Å². The maximum absolute atomic E-state index is 14.5. The van der Waals surface area contributed by atoms with Crippen molar-refractivity contribution in [3.63, 3.8) is 0 Å². The van der Waals surface area contributed by atoms with E-state index in [1.54, 1.807) is 68.1 Å². The van der Waals surface area contributed by atoms with Gasteiger partial charge in [0.25, 0.3) is 5.91 Å². The Kier molecular flexibility index (Phi) is 18.3. The first-order chi connectivity index (χ1) is 36.4. The molecule has 2 aliphatic heterocycles. The first-order valence-corrected chi connectivity index (χ1v) is 27.1. The smallest absolute Gasteiger partial charge is 0.306 e. The number of carboxylic acids is 1. The summed E-state index contributed by atoms with van der Waals surface area (Å²) in [6, 6.07) is 15.7. The van der Waals surface area contributed by atoms with Crippen molar-refractivity contribution >= 4 is 64.3 Å². The number of thiazole rings is 1. The van der Waals surface area contributed by atoms with Crippen molar-refractivity contribution in [1.29, 1.82) is 5.26 Å². The van der Waals surface area contributed by atoms with Gasteiger partial charge >= 0.3 is 11.9 Å². The first-order valence-electron chi connectivity index (χ1n) is 25.9. The van der Waals surface area contributed by atoms with E-state index in [0.29, 0.717) is 54.6 Å². The van der Waals surface area contributed by atoms with Gasteiger partial charge < -0.3 is 45.1 Å². The van der Waals surface area contributed by atoms with Gasteiger partial charge in [-0.15, -0.1) is 11.3 Å². The highest BCUT2D eigenvalue weighted by Crippen LogP contribution is 2.55. The number of pyridine rings is 1. The predicted molar refractivity (Wildman–Crippen MR) is 290 cm³/mol. The van der Waals surface area contributed by atoms with Crippen LogP contribution >= 0.6 is 22.9 Å². The van der Waals surface area contributed by atoms with E-state index in [0.717, 1.165) is 27.5 Å². The number of ether oxygens (including phenoxy) is 3. The maximum Gasteiger partial charge on any atom is 0.306 e. The Morgan fingerprint density at radius 2 is 1.65 bits per heavy atom. The number of piperazine rings is 1. The number of carbonyl (C=O) groups excluding carboxylic acids is 5. The Balaban J connectivity index is 0.873. The third kappa shape index (κ3) is 13.9. The number of hydrogen-bond donors (Lipinski definition) is 4. The van der Waals surface area contributed by atoms with Gasteiger partial charge in [-0.3, -0.25) is 33.7 Å². The molecular weight excluding hydrogens is 1030 g/mol. The number of anilines is 1. The van der Waals surface area contributed by atoms with Crippen LogP contribution < -0.4 is 25.6 Å². The molecule has 2 saturated heterocycles. The van der Waals surface area contributed by atoms with E-state index in [9.17, 15) is 34.0 Å². The van der Waals surface area contributed by atoms with Crippen LogP contribution in [0.15, 0.2) is 66.3 Å². The zero-order chi connectivity index (χ0) is 56.0. The highest BCUT2D eigenvalue weighted by atomic mass is 35.5. The number of carbonyl (C=O) groups is 6. The van der Waals surface area contributed by atoms with E-state index in [2.05, 4.69) is 69.5 Å². The number of esters is 1. The van der Waals surface area contributed by atoms with Gasteiger partial charge in [0.05, 0.1) is 64.3 Å². The molecule has 77 heavy (non-hydrogen) atoms. The molecule has 1 aliphatic carbocycles. The number of aryl methyl sites for hydroxylation is 1. The molecule has 2 aromatic carbocycles. The van der Waals surface area contributed by atoms with Gasteiger partial charge in [0.1, 0.15) is 48.5 Å². The molecule has 19 nitrogen and oxygen atoms in total. The fraction of sp³-hybridized carbons (Fsp3) is 0.518. The lowest BCUT2D eigenvalue weighted by Gasteiger charge is -2.63. The summed E-state index contributed by atoms with van der Waals surface area (Å²) in [7, 11) is 0. The normalized spacial score (nSPS) is 20.7. The number of nitrogens with zero attached hydrogens (tertiary/aromatic N) is 6. The number of halogens is 1. The Hall–Kier alpha value is -6.66. The molecule has 0 spiro atoms. The number of nitrogens with one attached hydrogen (secondary N) is 3. The van der Waals surface area contributed by atoms with E-state index >= 15 is 0 Å². The molecule has 4 atom stereocenters. The number of hydrogen-bond acceptors (Lipinski definition) is 15. The number of aromatic nitrogens is 2. The molecule has 0 bridgehead atoms.